The second-order valence-electron chi connectivity index (χ2n) is 4.19. The van der Waals surface area contributed by atoms with E-state index in [4.69, 9.17) is 0 Å². The maximum atomic E-state index is 13.5. The molecule has 98 valence electrons. The summed E-state index contributed by atoms with van der Waals surface area (Å²) in [5, 5.41) is 2.45. The number of nitrogens with zero attached hydrogens (tertiary/aromatic N) is 1. The van der Waals surface area contributed by atoms with E-state index in [0.29, 0.717) is 5.69 Å². The Bertz CT molecular complexity index is 621. The fourth-order valence-corrected chi connectivity index (χ4v) is 1.73. The first-order valence-electron chi connectivity index (χ1n) is 5.67. The summed E-state index contributed by atoms with van der Waals surface area (Å²) in [4.78, 5) is 15.9. The fourth-order valence-electron chi connectivity index (χ4n) is 1.73. The third-order valence-corrected chi connectivity index (χ3v) is 2.69. The molecule has 0 atom stereocenters. The number of aromatic nitrogens is 1. The van der Waals surface area contributed by atoms with E-state index >= 15 is 0 Å². The van der Waals surface area contributed by atoms with E-state index < -0.39 is 23.1 Å². The van der Waals surface area contributed by atoms with Crippen LogP contribution in [-0.4, -0.2) is 10.9 Å². The highest BCUT2D eigenvalue weighted by Gasteiger charge is 2.17. The van der Waals surface area contributed by atoms with Gasteiger partial charge < -0.3 is 5.32 Å². The Balaban J connectivity index is 2.31. The van der Waals surface area contributed by atoms with Crippen molar-refractivity contribution in [3.8, 4) is 0 Å². The van der Waals surface area contributed by atoms with Gasteiger partial charge in [-0.2, -0.15) is 0 Å². The summed E-state index contributed by atoms with van der Waals surface area (Å²) < 4.78 is 26.9. The van der Waals surface area contributed by atoms with Crippen LogP contribution in [0.15, 0.2) is 30.5 Å². The first kappa shape index (κ1) is 13.1. The predicted molar refractivity (Wildman–Crippen MR) is 68.0 cm³/mol. The minimum atomic E-state index is -0.893. The molecule has 0 aliphatic rings. The molecule has 2 aromatic rings. The lowest BCUT2D eigenvalue weighted by Gasteiger charge is -2.09. The molecule has 0 aliphatic heterocycles. The van der Waals surface area contributed by atoms with Gasteiger partial charge in [-0.1, -0.05) is 6.07 Å². The van der Waals surface area contributed by atoms with Crippen LogP contribution in [0.4, 0.5) is 14.5 Å². The zero-order valence-corrected chi connectivity index (χ0v) is 10.5. The van der Waals surface area contributed by atoms with E-state index in [2.05, 4.69) is 10.3 Å². The molecule has 0 saturated carbocycles. The summed E-state index contributed by atoms with van der Waals surface area (Å²) in [5.41, 5.74) is 1.41. The smallest absolute Gasteiger partial charge is 0.261 e. The summed E-state index contributed by atoms with van der Waals surface area (Å²) in [6.07, 6.45) is 1.46. The first-order chi connectivity index (χ1) is 8.99. The first-order valence-corrected chi connectivity index (χ1v) is 5.67. The molecule has 0 bridgehead atoms. The molecule has 1 aromatic heterocycles. The largest absolute Gasteiger partial charge is 0.320 e. The zero-order chi connectivity index (χ0) is 14.0. The highest BCUT2D eigenvalue weighted by molar-refractivity contribution is 6.04. The van der Waals surface area contributed by atoms with Crippen LogP contribution in [0, 0.1) is 25.5 Å². The summed E-state index contributed by atoms with van der Waals surface area (Å²) >= 11 is 0. The molecular weight excluding hydrogens is 250 g/mol. The number of carbonyl (C=O) groups excluding carboxylic acids is 1. The van der Waals surface area contributed by atoms with Crippen molar-refractivity contribution in [2.24, 2.45) is 0 Å². The molecule has 1 amide bonds. The van der Waals surface area contributed by atoms with Gasteiger partial charge in [-0.05, 0) is 37.6 Å². The van der Waals surface area contributed by atoms with Gasteiger partial charge in [0.15, 0.2) is 0 Å². The number of benzene rings is 1. The third-order valence-electron chi connectivity index (χ3n) is 2.69. The van der Waals surface area contributed by atoms with Gasteiger partial charge in [-0.15, -0.1) is 0 Å². The molecule has 0 spiro atoms. The van der Waals surface area contributed by atoms with Crippen molar-refractivity contribution >= 4 is 11.6 Å². The molecule has 1 aromatic carbocycles. The van der Waals surface area contributed by atoms with Crippen molar-refractivity contribution in [1.82, 2.24) is 4.98 Å². The van der Waals surface area contributed by atoms with E-state index in [1.165, 1.54) is 12.3 Å². The van der Waals surface area contributed by atoms with Crippen molar-refractivity contribution in [2.45, 2.75) is 13.8 Å². The molecule has 0 fully saturated rings. The Labute approximate surface area is 109 Å². The van der Waals surface area contributed by atoms with Crippen LogP contribution in [0.5, 0.6) is 0 Å². The van der Waals surface area contributed by atoms with Gasteiger partial charge in [0, 0.05) is 5.69 Å². The average molecular weight is 262 g/mol. The Morgan fingerprint density at radius 3 is 2.42 bits per heavy atom. The van der Waals surface area contributed by atoms with Gasteiger partial charge in [0.25, 0.3) is 5.91 Å². The second-order valence-corrected chi connectivity index (χ2v) is 4.19. The lowest BCUT2D eigenvalue weighted by molar-refractivity contribution is 0.101. The van der Waals surface area contributed by atoms with Gasteiger partial charge >= 0.3 is 0 Å². The van der Waals surface area contributed by atoms with Crippen LogP contribution in [0.25, 0.3) is 0 Å². The Morgan fingerprint density at radius 1 is 1.21 bits per heavy atom. The number of nitrogens with one attached hydrogen (secondary N) is 1. The highest BCUT2D eigenvalue weighted by atomic mass is 19.1. The lowest BCUT2D eigenvalue weighted by Crippen LogP contribution is -2.16. The van der Waals surface area contributed by atoms with Gasteiger partial charge in [0.05, 0.1) is 11.9 Å². The van der Waals surface area contributed by atoms with Gasteiger partial charge in [0.1, 0.15) is 17.2 Å². The van der Waals surface area contributed by atoms with Crippen molar-refractivity contribution in [1.29, 1.82) is 0 Å². The number of anilines is 1. The molecular formula is C14H12F2N2O. The average Bonchev–Trinajstić information content (AvgIpc) is 2.32. The quantitative estimate of drug-likeness (QED) is 0.902. The molecule has 1 N–H and O–H groups in total. The summed E-state index contributed by atoms with van der Waals surface area (Å²) in [6, 6.07) is 5.06. The lowest BCUT2D eigenvalue weighted by atomic mass is 10.1. The van der Waals surface area contributed by atoms with Crippen LogP contribution < -0.4 is 5.32 Å². The molecule has 5 heteroatoms. The van der Waals surface area contributed by atoms with Gasteiger partial charge in [-0.3, -0.25) is 9.78 Å². The molecule has 19 heavy (non-hydrogen) atoms. The maximum absolute atomic E-state index is 13.5. The van der Waals surface area contributed by atoms with Gasteiger partial charge in [0.2, 0.25) is 0 Å². The van der Waals surface area contributed by atoms with E-state index in [1.54, 1.807) is 13.0 Å². The predicted octanol–water partition coefficient (Wildman–Crippen LogP) is 3.23. The molecule has 0 radical (unpaired) electrons. The maximum Gasteiger partial charge on any atom is 0.261 e. The number of carbonyl (C=O) groups is 1. The van der Waals surface area contributed by atoms with Crippen LogP contribution in [0.1, 0.15) is 21.6 Å². The Morgan fingerprint density at radius 2 is 1.84 bits per heavy atom. The second kappa shape index (κ2) is 5.14. The van der Waals surface area contributed by atoms with Crippen LogP contribution in [0.3, 0.4) is 0 Å². The number of hydrogen-bond acceptors (Lipinski definition) is 2. The van der Waals surface area contributed by atoms with Crippen LogP contribution in [-0.2, 0) is 0 Å². The molecule has 0 unspecified atom stereocenters. The number of hydrogen-bond donors (Lipinski definition) is 1. The van der Waals surface area contributed by atoms with Crippen molar-refractivity contribution < 1.29 is 13.6 Å². The van der Waals surface area contributed by atoms with Gasteiger partial charge in [-0.25, -0.2) is 8.78 Å². The standard InChI is InChI=1S/C14H12F2N2O/c1-8-6-9(2)17-7-12(8)18-14(19)13-10(15)4-3-5-11(13)16/h3-7H,1-2H3,(H,18,19). The van der Waals surface area contributed by atoms with E-state index in [-0.39, 0.29) is 0 Å². The summed E-state index contributed by atoms with van der Waals surface area (Å²) in [7, 11) is 0. The molecule has 1 heterocycles. The number of amides is 1. The highest BCUT2D eigenvalue weighted by Crippen LogP contribution is 2.17. The molecule has 3 nitrogen and oxygen atoms in total. The minimum Gasteiger partial charge on any atom is -0.320 e. The molecule has 2 rings (SSSR count). The minimum absolute atomic E-state index is 0.429. The van der Waals surface area contributed by atoms with E-state index in [9.17, 15) is 13.6 Å². The summed E-state index contributed by atoms with van der Waals surface area (Å²) in [6.45, 7) is 3.59. The Kier molecular flexibility index (Phi) is 3.55. The van der Waals surface area contributed by atoms with Crippen LogP contribution >= 0.6 is 0 Å². The van der Waals surface area contributed by atoms with Crippen molar-refractivity contribution in [3.05, 3.63) is 58.9 Å². The monoisotopic (exact) mass is 262 g/mol. The number of pyridine rings is 1. The number of aryl methyl sites for hydroxylation is 2. The normalized spacial score (nSPS) is 10.3. The van der Waals surface area contributed by atoms with E-state index in [0.717, 1.165) is 23.4 Å². The summed E-state index contributed by atoms with van der Waals surface area (Å²) in [5.74, 6) is -2.62. The number of halogens is 2. The fraction of sp³-hybridized carbons (Fsp3) is 0.143. The Hall–Kier alpha value is -2.30. The van der Waals surface area contributed by atoms with E-state index in [1.807, 2.05) is 6.92 Å². The van der Waals surface area contributed by atoms with Crippen molar-refractivity contribution in [3.63, 3.8) is 0 Å². The zero-order valence-electron chi connectivity index (χ0n) is 10.5. The molecule has 0 aliphatic carbocycles. The SMILES string of the molecule is Cc1cc(C)c(NC(=O)c2c(F)cccc2F)cn1. The third kappa shape index (κ3) is 2.76. The topological polar surface area (TPSA) is 42.0 Å². The number of rotatable bonds is 2. The molecule has 0 saturated heterocycles. The van der Waals surface area contributed by atoms with Crippen molar-refractivity contribution in [2.75, 3.05) is 5.32 Å². The van der Waals surface area contributed by atoms with Crippen LogP contribution in [0.2, 0.25) is 0 Å².